The first-order valence-electron chi connectivity index (χ1n) is 10.7. The van der Waals surface area contributed by atoms with Gasteiger partial charge in [-0.25, -0.2) is 0 Å². The number of nitrogens with zero attached hydrogens (tertiary/aromatic N) is 1. The lowest BCUT2D eigenvalue weighted by Gasteiger charge is -2.29. The highest BCUT2D eigenvalue weighted by Crippen LogP contribution is 2.31. The largest absolute Gasteiger partial charge is 0.489 e. The molecular formula is C26H30N2O2. The molecular weight excluding hydrogens is 372 g/mol. The lowest BCUT2D eigenvalue weighted by molar-refractivity contribution is 0.0280. The summed E-state index contributed by atoms with van der Waals surface area (Å²) in [4.78, 5) is 2.36. The Hall–Kier alpha value is -2.82. The Morgan fingerprint density at radius 1 is 1.00 bits per heavy atom. The topological polar surface area (TPSA) is 33.7 Å². The number of hydrogen-bond donors (Lipinski definition) is 1. The molecule has 0 saturated heterocycles. The van der Waals surface area contributed by atoms with Gasteiger partial charge in [0.05, 0.1) is 6.73 Å². The molecule has 0 fully saturated rings. The SMILES string of the molecule is CCOCN1CCc2c(cccc2Nc2ccc(C)c(OCc3ccccc3)c2)C1. The molecule has 3 aromatic carbocycles. The Morgan fingerprint density at radius 2 is 1.87 bits per heavy atom. The van der Waals surface area contributed by atoms with Crippen molar-refractivity contribution < 1.29 is 9.47 Å². The standard InChI is InChI=1S/C26H30N2O2/c1-3-29-19-28-15-14-24-22(17-28)10-7-11-25(24)27-23-13-12-20(2)26(16-23)30-18-21-8-5-4-6-9-21/h4-13,16,27H,3,14-15,17-19H2,1-2H3. The summed E-state index contributed by atoms with van der Waals surface area (Å²) in [5.41, 5.74) is 7.31. The minimum absolute atomic E-state index is 0.571. The molecule has 0 atom stereocenters. The van der Waals surface area contributed by atoms with Crippen LogP contribution in [-0.2, 0) is 24.3 Å². The molecule has 0 bridgehead atoms. The Balaban J connectivity index is 1.47. The fraction of sp³-hybridized carbons (Fsp3) is 0.308. The second-order valence-corrected chi connectivity index (χ2v) is 7.75. The molecule has 156 valence electrons. The van der Waals surface area contributed by atoms with E-state index in [1.807, 2.05) is 25.1 Å². The fourth-order valence-corrected chi connectivity index (χ4v) is 3.84. The first kappa shape index (κ1) is 20.5. The molecule has 0 aromatic heterocycles. The van der Waals surface area contributed by atoms with Crippen LogP contribution in [0.3, 0.4) is 0 Å². The first-order valence-corrected chi connectivity index (χ1v) is 10.7. The van der Waals surface area contributed by atoms with Gasteiger partial charge in [0.2, 0.25) is 0 Å². The fourth-order valence-electron chi connectivity index (χ4n) is 3.84. The van der Waals surface area contributed by atoms with Crippen LogP contribution in [0.5, 0.6) is 5.75 Å². The first-order chi connectivity index (χ1) is 14.7. The van der Waals surface area contributed by atoms with Crippen LogP contribution in [-0.4, -0.2) is 24.8 Å². The van der Waals surface area contributed by atoms with Crippen molar-refractivity contribution in [3.63, 3.8) is 0 Å². The summed E-state index contributed by atoms with van der Waals surface area (Å²) >= 11 is 0. The van der Waals surface area contributed by atoms with Gasteiger partial charge in [-0.05, 0) is 54.7 Å². The molecule has 4 nitrogen and oxygen atoms in total. The summed E-state index contributed by atoms with van der Waals surface area (Å²) < 4.78 is 11.7. The lowest BCUT2D eigenvalue weighted by atomic mass is 9.98. The van der Waals surface area contributed by atoms with Gasteiger partial charge in [0.1, 0.15) is 12.4 Å². The smallest absolute Gasteiger partial charge is 0.124 e. The Morgan fingerprint density at radius 3 is 2.70 bits per heavy atom. The molecule has 0 aliphatic carbocycles. The third-order valence-corrected chi connectivity index (χ3v) is 5.53. The van der Waals surface area contributed by atoms with Gasteiger partial charge < -0.3 is 14.8 Å². The van der Waals surface area contributed by atoms with E-state index in [-0.39, 0.29) is 0 Å². The number of fused-ring (bicyclic) bond motifs is 1. The second kappa shape index (κ2) is 9.79. The highest BCUT2D eigenvalue weighted by molar-refractivity contribution is 5.67. The Labute approximate surface area is 179 Å². The van der Waals surface area contributed by atoms with Crippen molar-refractivity contribution >= 4 is 11.4 Å². The highest BCUT2D eigenvalue weighted by Gasteiger charge is 2.18. The molecule has 3 aromatic rings. The van der Waals surface area contributed by atoms with Crippen molar-refractivity contribution in [2.45, 2.75) is 33.4 Å². The minimum atomic E-state index is 0.571. The van der Waals surface area contributed by atoms with Crippen LogP contribution < -0.4 is 10.1 Å². The number of nitrogens with one attached hydrogen (secondary N) is 1. The van der Waals surface area contributed by atoms with Crippen molar-refractivity contribution in [3.8, 4) is 5.75 Å². The summed E-state index contributed by atoms with van der Waals surface area (Å²) in [6.07, 6.45) is 1.02. The second-order valence-electron chi connectivity index (χ2n) is 7.75. The monoisotopic (exact) mass is 402 g/mol. The van der Waals surface area contributed by atoms with Crippen LogP contribution >= 0.6 is 0 Å². The Bertz CT molecular complexity index is 972. The Kier molecular flexibility index (Phi) is 6.67. The summed E-state index contributed by atoms with van der Waals surface area (Å²) in [5.74, 6) is 0.913. The van der Waals surface area contributed by atoms with E-state index in [0.717, 1.165) is 43.1 Å². The molecule has 1 aliphatic heterocycles. The zero-order valence-electron chi connectivity index (χ0n) is 17.9. The van der Waals surface area contributed by atoms with Gasteiger partial charge in [0.15, 0.2) is 0 Å². The van der Waals surface area contributed by atoms with E-state index in [1.54, 1.807) is 0 Å². The van der Waals surface area contributed by atoms with Gasteiger partial charge in [-0.15, -0.1) is 0 Å². The molecule has 1 heterocycles. The van der Waals surface area contributed by atoms with E-state index in [0.29, 0.717) is 13.3 Å². The lowest BCUT2D eigenvalue weighted by Crippen LogP contribution is -2.32. The van der Waals surface area contributed by atoms with Crippen LogP contribution in [0.15, 0.2) is 66.7 Å². The van der Waals surface area contributed by atoms with Crippen molar-refractivity contribution in [1.82, 2.24) is 4.90 Å². The maximum absolute atomic E-state index is 6.10. The maximum atomic E-state index is 6.10. The third kappa shape index (κ3) is 5.02. The third-order valence-electron chi connectivity index (χ3n) is 5.53. The van der Waals surface area contributed by atoms with Gasteiger partial charge in [-0.2, -0.15) is 0 Å². The van der Waals surface area contributed by atoms with E-state index in [4.69, 9.17) is 9.47 Å². The molecule has 30 heavy (non-hydrogen) atoms. The van der Waals surface area contributed by atoms with E-state index >= 15 is 0 Å². The highest BCUT2D eigenvalue weighted by atomic mass is 16.5. The van der Waals surface area contributed by atoms with Crippen LogP contribution in [0.1, 0.15) is 29.2 Å². The van der Waals surface area contributed by atoms with Crippen molar-refractivity contribution in [2.24, 2.45) is 0 Å². The van der Waals surface area contributed by atoms with E-state index in [2.05, 4.69) is 65.7 Å². The number of benzene rings is 3. The number of rotatable bonds is 8. The zero-order chi connectivity index (χ0) is 20.8. The average molecular weight is 403 g/mol. The molecule has 0 unspecified atom stereocenters. The minimum Gasteiger partial charge on any atom is -0.489 e. The van der Waals surface area contributed by atoms with Crippen molar-refractivity contribution in [3.05, 3.63) is 89.0 Å². The van der Waals surface area contributed by atoms with Crippen molar-refractivity contribution in [2.75, 3.05) is 25.2 Å². The molecule has 0 spiro atoms. The van der Waals surface area contributed by atoms with Gasteiger partial charge in [-0.1, -0.05) is 48.5 Å². The quantitative estimate of drug-likeness (QED) is 0.526. The summed E-state index contributed by atoms with van der Waals surface area (Å²) in [7, 11) is 0. The van der Waals surface area contributed by atoms with Crippen LogP contribution in [0, 0.1) is 6.92 Å². The van der Waals surface area contributed by atoms with Gasteiger partial charge in [0, 0.05) is 37.1 Å². The molecule has 0 amide bonds. The molecule has 1 aliphatic rings. The predicted molar refractivity (Wildman–Crippen MR) is 122 cm³/mol. The number of aryl methyl sites for hydroxylation is 1. The average Bonchev–Trinajstić information content (AvgIpc) is 2.78. The van der Waals surface area contributed by atoms with E-state index in [9.17, 15) is 0 Å². The van der Waals surface area contributed by atoms with E-state index in [1.165, 1.54) is 22.4 Å². The predicted octanol–water partition coefficient (Wildman–Crippen LogP) is 5.67. The van der Waals surface area contributed by atoms with Gasteiger partial charge in [0.25, 0.3) is 0 Å². The maximum Gasteiger partial charge on any atom is 0.124 e. The summed E-state index contributed by atoms with van der Waals surface area (Å²) in [6, 6.07) is 23.1. The molecule has 1 N–H and O–H groups in total. The van der Waals surface area contributed by atoms with Gasteiger partial charge in [-0.3, -0.25) is 4.90 Å². The van der Waals surface area contributed by atoms with Crippen LogP contribution in [0.25, 0.3) is 0 Å². The number of hydrogen-bond acceptors (Lipinski definition) is 4. The number of ether oxygens (including phenoxy) is 2. The normalized spacial score (nSPS) is 13.7. The van der Waals surface area contributed by atoms with E-state index < -0.39 is 0 Å². The number of anilines is 2. The molecule has 4 rings (SSSR count). The zero-order valence-corrected chi connectivity index (χ0v) is 17.9. The van der Waals surface area contributed by atoms with Gasteiger partial charge >= 0.3 is 0 Å². The summed E-state index contributed by atoms with van der Waals surface area (Å²) in [5, 5.41) is 3.63. The molecule has 0 radical (unpaired) electrons. The molecule has 0 saturated carbocycles. The molecule has 4 heteroatoms. The van der Waals surface area contributed by atoms with Crippen molar-refractivity contribution in [1.29, 1.82) is 0 Å². The summed E-state index contributed by atoms with van der Waals surface area (Å²) in [6.45, 7) is 8.11. The van der Waals surface area contributed by atoms with Crippen LogP contribution in [0.2, 0.25) is 0 Å². The van der Waals surface area contributed by atoms with Crippen LogP contribution in [0.4, 0.5) is 11.4 Å².